The van der Waals surface area contributed by atoms with Crippen LogP contribution in [0.4, 0.5) is 0 Å². The van der Waals surface area contributed by atoms with E-state index < -0.39 is 0 Å². The molecule has 1 atom stereocenters. The van der Waals surface area contributed by atoms with Crippen molar-refractivity contribution in [3.05, 3.63) is 48.0 Å². The molecule has 0 aromatic heterocycles. The summed E-state index contributed by atoms with van der Waals surface area (Å²) in [6.07, 6.45) is 4.87. The number of nitrogens with one attached hydrogen (secondary N) is 1. The fourth-order valence-electron chi connectivity index (χ4n) is 3.31. The van der Waals surface area contributed by atoms with Crippen LogP contribution in [0.2, 0.25) is 0 Å². The minimum atomic E-state index is -0.0110. The van der Waals surface area contributed by atoms with Crippen LogP contribution in [0.3, 0.4) is 0 Å². The summed E-state index contributed by atoms with van der Waals surface area (Å²) in [7, 11) is 0. The molecule has 1 saturated carbocycles. The molecule has 0 bridgehead atoms. The highest BCUT2D eigenvalue weighted by atomic mass is 16.1. The molecule has 0 aliphatic heterocycles. The van der Waals surface area contributed by atoms with Crippen LogP contribution in [0.5, 0.6) is 0 Å². The van der Waals surface area contributed by atoms with Crippen LogP contribution >= 0.6 is 0 Å². The fraction of sp³-hybridized carbons (Fsp3) is 0.389. The molecule has 0 heterocycles. The molecule has 0 radical (unpaired) electrons. The molecule has 1 unspecified atom stereocenters. The molecule has 110 valence electrons. The lowest BCUT2D eigenvalue weighted by Gasteiger charge is -2.23. The van der Waals surface area contributed by atoms with Crippen molar-refractivity contribution in [2.75, 3.05) is 6.54 Å². The lowest BCUT2D eigenvalue weighted by Crippen LogP contribution is -2.44. The second-order valence-corrected chi connectivity index (χ2v) is 5.92. The van der Waals surface area contributed by atoms with Crippen LogP contribution in [-0.4, -0.2) is 18.5 Å². The van der Waals surface area contributed by atoms with Crippen molar-refractivity contribution in [1.82, 2.24) is 5.32 Å². The van der Waals surface area contributed by atoms with Gasteiger partial charge in [-0.25, -0.2) is 0 Å². The van der Waals surface area contributed by atoms with Gasteiger partial charge in [0.25, 0.3) is 5.91 Å². The Balaban J connectivity index is 1.76. The average Bonchev–Trinajstić information content (AvgIpc) is 3.06. The van der Waals surface area contributed by atoms with E-state index in [0.29, 0.717) is 18.0 Å². The van der Waals surface area contributed by atoms with Crippen molar-refractivity contribution < 1.29 is 4.79 Å². The van der Waals surface area contributed by atoms with Gasteiger partial charge < -0.3 is 11.1 Å². The maximum absolute atomic E-state index is 12.4. The first-order valence-electron chi connectivity index (χ1n) is 7.77. The molecular weight excluding hydrogens is 260 g/mol. The zero-order valence-electron chi connectivity index (χ0n) is 12.2. The van der Waals surface area contributed by atoms with E-state index >= 15 is 0 Å². The number of carbonyl (C=O) groups excluding carboxylic acids is 1. The van der Waals surface area contributed by atoms with Gasteiger partial charge in [0.1, 0.15) is 0 Å². The number of carbonyl (C=O) groups is 1. The molecule has 3 nitrogen and oxygen atoms in total. The highest BCUT2D eigenvalue weighted by molar-refractivity contribution is 5.98. The van der Waals surface area contributed by atoms with E-state index in [4.69, 9.17) is 5.73 Å². The van der Waals surface area contributed by atoms with Crippen LogP contribution < -0.4 is 11.1 Å². The lowest BCUT2D eigenvalue weighted by molar-refractivity contribution is 0.0924. The summed E-state index contributed by atoms with van der Waals surface area (Å²) in [5, 5.41) is 5.37. The smallest absolute Gasteiger partial charge is 0.251 e. The Morgan fingerprint density at radius 3 is 2.57 bits per heavy atom. The van der Waals surface area contributed by atoms with Crippen LogP contribution in [-0.2, 0) is 0 Å². The normalized spacial score (nSPS) is 17.0. The first-order chi connectivity index (χ1) is 10.3. The topological polar surface area (TPSA) is 55.1 Å². The SMILES string of the molecule is NCC(NC(=O)c1ccc2ccccc2c1)C1CCCC1. The van der Waals surface area contributed by atoms with Crippen LogP contribution in [0.15, 0.2) is 42.5 Å². The zero-order chi connectivity index (χ0) is 14.7. The van der Waals surface area contributed by atoms with E-state index in [9.17, 15) is 4.79 Å². The quantitative estimate of drug-likeness (QED) is 0.905. The standard InChI is InChI=1S/C18H22N2O/c19-12-17(14-6-2-3-7-14)20-18(21)16-10-9-13-5-1-4-8-15(13)11-16/h1,4-5,8-11,14,17H,2-3,6-7,12,19H2,(H,20,21). The van der Waals surface area contributed by atoms with E-state index in [-0.39, 0.29) is 11.9 Å². The van der Waals surface area contributed by atoms with Gasteiger partial charge >= 0.3 is 0 Å². The largest absolute Gasteiger partial charge is 0.348 e. The summed E-state index contributed by atoms with van der Waals surface area (Å²) in [5.74, 6) is 0.530. The molecule has 1 aliphatic rings. The third-order valence-electron chi connectivity index (χ3n) is 4.55. The summed E-state index contributed by atoms with van der Waals surface area (Å²) in [4.78, 5) is 12.4. The van der Waals surface area contributed by atoms with Crippen LogP contribution in [0.1, 0.15) is 36.0 Å². The van der Waals surface area contributed by atoms with Gasteiger partial charge in [0.2, 0.25) is 0 Å². The molecule has 0 saturated heterocycles. The first kappa shape index (κ1) is 14.1. The monoisotopic (exact) mass is 282 g/mol. The molecule has 3 heteroatoms. The molecule has 0 spiro atoms. The summed E-state index contributed by atoms with van der Waals surface area (Å²) in [6, 6.07) is 14.0. The Labute approximate surface area is 125 Å². The summed E-state index contributed by atoms with van der Waals surface area (Å²) >= 11 is 0. The maximum atomic E-state index is 12.4. The lowest BCUT2D eigenvalue weighted by atomic mass is 9.97. The highest BCUT2D eigenvalue weighted by Gasteiger charge is 2.25. The van der Waals surface area contributed by atoms with Crippen molar-refractivity contribution in [3.63, 3.8) is 0 Å². The van der Waals surface area contributed by atoms with Gasteiger partial charge in [-0.1, -0.05) is 43.2 Å². The Morgan fingerprint density at radius 2 is 1.86 bits per heavy atom. The summed E-state index contributed by atoms with van der Waals surface area (Å²) < 4.78 is 0. The predicted molar refractivity (Wildman–Crippen MR) is 86.2 cm³/mol. The Hall–Kier alpha value is -1.87. The van der Waals surface area contributed by atoms with E-state index in [0.717, 1.165) is 10.8 Å². The summed E-state index contributed by atoms with van der Waals surface area (Å²) in [5.41, 5.74) is 6.57. The van der Waals surface area contributed by atoms with Crippen molar-refractivity contribution in [1.29, 1.82) is 0 Å². The van der Waals surface area contributed by atoms with Gasteiger partial charge in [0.05, 0.1) is 0 Å². The third-order valence-corrected chi connectivity index (χ3v) is 4.55. The number of benzene rings is 2. The Bertz CT molecular complexity index is 632. The van der Waals surface area contributed by atoms with Crippen molar-refractivity contribution in [3.8, 4) is 0 Å². The second kappa shape index (κ2) is 6.27. The van der Waals surface area contributed by atoms with E-state index in [2.05, 4.69) is 11.4 Å². The summed E-state index contributed by atoms with van der Waals surface area (Å²) in [6.45, 7) is 0.518. The van der Waals surface area contributed by atoms with Crippen molar-refractivity contribution in [2.45, 2.75) is 31.7 Å². The van der Waals surface area contributed by atoms with E-state index in [1.807, 2.05) is 36.4 Å². The Kier molecular flexibility index (Phi) is 4.20. The number of rotatable bonds is 4. The van der Waals surface area contributed by atoms with E-state index in [1.54, 1.807) is 0 Å². The number of hydrogen-bond donors (Lipinski definition) is 2. The molecule has 1 aliphatic carbocycles. The fourth-order valence-corrected chi connectivity index (χ4v) is 3.31. The van der Waals surface area contributed by atoms with Gasteiger partial charge in [0.15, 0.2) is 0 Å². The van der Waals surface area contributed by atoms with Gasteiger partial charge in [0, 0.05) is 18.2 Å². The predicted octanol–water partition coefficient (Wildman–Crippen LogP) is 3.09. The molecule has 1 amide bonds. The molecule has 1 fully saturated rings. The van der Waals surface area contributed by atoms with Gasteiger partial charge in [-0.05, 0) is 41.7 Å². The first-order valence-corrected chi connectivity index (χ1v) is 7.77. The number of amides is 1. The minimum absolute atomic E-state index is 0.0110. The third kappa shape index (κ3) is 3.08. The van der Waals surface area contributed by atoms with E-state index in [1.165, 1.54) is 25.7 Å². The Morgan fingerprint density at radius 1 is 1.14 bits per heavy atom. The van der Waals surface area contributed by atoms with Crippen molar-refractivity contribution >= 4 is 16.7 Å². The maximum Gasteiger partial charge on any atom is 0.251 e. The zero-order valence-corrected chi connectivity index (χ0v) is 12.2. The second-order valence-electron chi connectivity index (χ2n) is 5.92. The molecule has 21 heavy (non-hydrogen) atoms. The molecular formula is C18H22N2O. The number of hydrogen-bond acceptors (Lipinski definition) is 2. The van der Waals surface area contributed by atoms with Crippen LogP contribution in [0, 0.1) is 5.92 Å². The molecule has 2 aromatic carbocycles. The molecule has 3 rings (SSSR count). The number of nitrogens with two attached hydrogens (primary N) is 1. The highest BCUT2D eigenvalue weighted by Crippen LogP contribution is 2.27. The van der Waals surface area contributed by atoms with Gasteiger partial charge in [-0.2, -0.15) is 0 Å². The molecule has 2 aromatic rings. The van der Waals surface area contributed by atoms with Crippen LogP contribution in [0.25, 0.3) is 10.8 Å². The number of fused-ring (bicyclic) bond motifs is 1. The minimum Gasteiger partial charge on any atom is -0.348 e. The van der Waals surface area contributed by atoms with Gasteiger partial charge in [-0.15, -0.1) is 0 Å². The van der Waals surface area contributed by atoms with Gasteiger partial charge in [-0.3, -0.25) is 4.79 Å². The molecule has 3 N–H and O–H groups in total. The average molecular weight is 282 g/mol. The van der Waals surface area contributed by atoms with Crippen molar-refractivity contribution in [2.24, 2.45) is 11.7 Å².